The van der Waals surface area contributed by atoms with Crippen LogP contribution in [0.4, 0.5) is 0 Å². The third-order valence-corrected chi connectivity index (χ3v) is 12.2. The van der Waals surface area contributed by atoms with Crippen molar-refractivity contribution in [2.45, 2.75) is 212 Å². The van der Waals surface area contributed by atoms with Crippen LogP contribution in [0.2, 0.25) is 0 Å². The molecule has 0 rings (SSSR count). The Morgan fingerprint density at radius 3 is 1.31 bits per heavy atom. The van der Waals surface area contributed by atoms with Crippen molar-refractivity contribution in [3.63, 3.8) is 0 Å². The third-order valence-electron chi connectivity index (χ3n) is 11.2. The molecule has 67 heavy (non-hydrogen) atoms. The number of phosphoric ester groups is 1. The Bertz CT molecular complexity index is 1450. The van der Waals surface area contributed by atoms with Crippen LogP contribution in [-0.2, 0) is 18.4 Å². The van der Waals surface area contributed by atoms with Gasteiger partial charge >= 0.3 is 7.82 Å². The van der Waals surface area contributed by atoms with Crippen LogP contribution in [0.3, 0.4) is 0 Å². The van der Waals surface area contributed by atoms with E-state index in [1.54, 1.807) is 6.08 Å². The molecule has 3 atom stereocenters. The Balaban J connectivity index is 4.02. The number of carbonyl (C=O) groups is 1. The van der Waals surface area contributed by atoms with E-state index in [1.807, 2.05) is 27.2 Å². The van der Waals surface area contributed by atoms with Gasteiger partial charge in [-0.05, 0) is 89.9 Å². The van der Waals surface area contributed by atoms with Gasteiger partial charge in [0.25, 0.3) is 0 Å². The van der Waals surface area contributed by atoms with E-state index in [9.17, 15) is 19.4 Å². The van der Waals surface area contributed by atoms with Gasteiger partial charge in [-0.3, -0.25) is 13.8 Å². The summed E-state index contributed by atoms with van der Waals surface area (Å²) in [5, 5.41) is 13.8. The number of phosphoric acid groups is 1. The lowest BCUT2D eigenvalue weighted by Gasteiger charge is -2.25. The Morgan fingerprint density at radius 1 is 0.507 bits per heavy atom. The molecule has 0 saturated heterocycles. The fourth-order valence-electron chi connectivity index (χ4n) is 7.08. The van der Waals surface area contributed by atoms with Crippen LogP contribution in [0.15, 0.2) is 109 Å². The second-order valence-corrected chi connectivity index (χ2v) is 20.3. The van der Waals surface area contributed by atoms with Gasteiger partial charge in [-0.2, -0.15) is 0 Å². The molecule has 0 radical (unpaired) electrons. The van der Waals surface area contributed by atoms with Crippen molar-refractivity contribution in [2.24, 2.45) is 0 Å². The molecule has 0 aromatic carbocycles. The molecule has 0 aliphatic rings. The summed E-state index contributed by atoms with van der Waals surface area (Å²) in [6, 6.07) is -0.873. The highest BCUT2D eigenvalue weighted by atomic mass is 31.2. The number of aliphatic hydroxyl groups excluding tert-OH is 1. The minimum absolute atomic E-state index is 0.0492. The summed E-state index contributed by atoms with van der Waals surface area (Å²) >= 11 is 0. The third kappa shape index (κ3) is 50.9. The zero-order valence-electron chi connectivity index (χ0n) is 43.6. The Morgan fingerprint density at radius 2 is 0.866 bits per heavy atom. The number of nitrogens with one attached hydrogen (secondary N) is 1. The summed E-state index contributed by atoms with van der Waals surface area (Å²) in [4.78, 5) is 23.1. The van der Waals surface area contributed by atoms with Crippen molar-refractivity contribution in [1.29, 1.82) is 0 Å². The average Bonchev–Trinajstić information content (AvgIpc) is 3.29. The molecular weight excluding hydrogens is 852 g/mol. The van der Waals surface area contributed by atoms with Crippen molar-refractivity contribution < 1.29 is 32.9 Å². The monoisotopic (exact) mass is 954 g/mol. The first-order chi connectivity index (χ1) is 32.5. The minimum atomic E-state index is -4.35. The quantitative estimate of drug-likeness (QED) is 0.0243. The lowest BCUT2D eigenvalue weighted by molar-refractivity contribution is -0.870. The van der Waals surface area contributed by atoms with E-state index >= 15 is 0 Å². The molecule has 0 fully saturated rings. The van der Waals surface area contributed by atoms with Gasteiger partial charge in [0, 0.05) is 6.42 Å². The van der Waals surface area contributed by atoms with E-state index in [4.69, 9.17) is 9.05 Å². The molecule has 0 aliphatic carbocycles. The van der Waals surface area contributed by atoms with Crippen LogP contribution >= 0.6 is 7.82 Å². The predicted molar refractivity (Wildman–Crippen MR) is 290 cm³/mol. The average molecular weight is 954 g/mol. The molecule has 9 heteroatoms. The van der Waals surface area contributed by atoms with Gasteiger partial charge in [-0.25, -0.2) is 4.57 Å². The number of hydrogen-bond acceptors (Lipinski definition) is 5. The van der Waals surface area contributed by atoms with Gasteiger partial charge in [-0.1, -0.05) is 213 Å². The zero-order chi connectivity index (χ0) is 49.2. The van der Waals surface area contributed by atoms with Crippen molar-refractivity contribution in [3.8, 4) is 0 Å². The van der Waals surface area contributed by atoms with E-state index < -0.39 is 20.0 Å². The van der Waals surface area contributed by atoms with Gasteiger partial charge in [0.05, 0.1) is 39.9 Å². The Labute approximate surface area is 412 Å². The fraction of sp³-hybridized carbons (Fsp3) is 0.672. The normalized spacial score (nSPS) is 14.9. The number of allylic oxidation sites excluding steroid dienone is 17. The van der Waals surface area contributed by atoms with E-state index in [-0.39, 0.29) is 19.1 Å². The summed E-state index contributed by atoms with van der Waals surface area (Å²) < 4.78 is 23.5. The Kier molecular flexibility index (Phi) is 46.2. The number of carbonyl (C=O) groups excluding carboxylic acids is 1. The lowest BCUT2D eigenvalue weighted by atomic mass is 10.0. The predicted octanol–water partition coefficient (Wildman–Crippen LogP) is 16.0. The molecule has 0 aliphatic heterocycles. The second-order valence-electron chi connectivity index (χ2n) is 18.8. The minimum Gasteiger partial charge on any atom is -0.387 e. The van der Waals surface area contributed by atoms with E-state index in [2.05, 4.69) is 116 Å². The number of amides is 1. The van der Waals surface area contributed by atoms with Gasteiger partial charge in [-0.15, -0.1) is 0 Å². The highest BCUT2D eigenvalue weighted by Crippen LogP contribution is 2.43. The molecule has 3 N–H and O–H groups in total. The van der Waals surface area contributed by atoms with Gasteiger partial charge < -0.3 is 19.8 Å². The van der Waals surface area contributed by atoms with Crippen LogP contribution in [0, 0.1) is 0 Å². The Hall–Kier alpha value is -2.84. The summed E-state index contributed by atoms with van der Waals surface area (Å²) in [5.74, 6) is -0.198. The smallest absolute Gasteiger partial charge is 0.387 e. The van der Waals surface area contributed by atoms with Gasteiger partial charge in [0.2, 0.25) is 5.91 Å². The zero-order valence-corrected chi connectivity index (χ0v) is 44.5. The number of quaternary nitrogens is 1. The molecule has 0 saturated carbocycles. The van der Waals surface area contributed by atoms with Crippen molar-refractivity contribution >= 4 is 13.7 Å². The number of nitrogens with zero attached hydrogens (tertiary/aromatic N) is 1. The van der Waals surface area contributed by atoms with Crippen LogP contribution in [0.5, 0.6) is 0 Å². The SMILES string of the molecule is CC/C=C\C/C=C\C/C=C\C/C=C\C/C=C\C/C=C\CCCCCCCCCCCCCCCCCCC(=O)NC(COP(=O)(O)OCC[N+](C)(C)C)C(O)/C=C/CC/C=C/CC/C=C/CC. The van der Waals surface area contributed by atoms with Crippen LogP contribution in [-0.4, -0.2) is 73.4 Å². The number of likely N-dealkylation sites (N-methyl/N-ethyl adjacent to an activating group) is 1. The number of aliphatic hydroxyl groups is 1. The summed E-state index contributed by atoms with van der Waals surface area (Å²) in [5.41, 5.74) is 0. The molecule has 384 valence electrons. The molecule has 8 nitrogen and oxygen atoms in total. The highest BCUT2D eigenvalue weighted by molar-refractivity contribution is 7.47. The first-order valence-corrected chi connectivity index (χ1v) is 28.3. The molecule has 0 spiro atoms. The van der Waals surface area contributed by atoms with E-state index in [0.29, 0.717) is 17.4 Å². The molecule has 0 heterocycles. The molecule has 0 aromatic rings. The molecule has 1 amide bonds. The standard InChI is InChI=1S/C58H101N2O6P/c1-6-8-10-12-14-16-18-19-20-21-22-23-24-25-26-27-28-29-30-31-32-33-34-35-36-37-38-39-40-41-42-44-46-48-50-52-58(62)59-56(55-66-67(63,64)65-54-53-60(3,4)5)57(61)51-49-47-45-43-17-15-13-11-9-7-2/h8-11,14,16-17,19-20,22-23,25-26,28-29,43,49,51,56-57,61H,6-7,12-13,15,18,21,24,27,30-42,44-48,50,52-55H2,1-5H3,(H-,59,62,63,64)/p+1/b10-8-,11-9+,16-14-,20-19-,23-22-,26-25-,29-28-,43-17+,51-49+. The molecule has 0 bridgehead atoms. The van der Waals surface area contributed by atoms with Crippen molar-refractivity contribution in [2.75, 3.05) is 40.9 Å². The van der Waals surface area contributed by atoms with Gasteiger partial charge in [0.1, 0.15) is 13.2 Å². The maximum Gasteiger partial charge on any atom is 0.472 e. The largest absolute Gasteiger partial charge is 0.472 e. The van der Waals surface area contributed by atoms with Crippen LogP contribution < -0.4 is 5.32 Å². The molecule has 3 unspecified atom stereocenters. The van der Waals surface area contributed by atoms with Gasteiger partial charge in [0.15, 0.2) is 0 Å². The first-order valence-electron chi connectivity index (χ1n) is 26.8. The summed E-state index contributed by atoms with van der Waals surface area (Å²) in [6.45, 7) is 4.53. The van der Waals surface area contributed by atoms with E-state index in [0.717, 1.165) is 89.9 Å². The lowest BCUT2D eigenvalue weighted by Crippen LogP contribution is -2.45. The number of hydrogen-bond donors (Lipinski definition) is 3. The van der Waals surface area contributed by atoms with E-state index in [1.165, 1.54) is 89.9 Å². The molecular formula is C58H102N2O6P+. The second kappa shape index (κ2) is 48.2. The topological polar surface area (TPSA) is 105 Å². The van der Waals surface area contributed by atoms with Crippen molar-refractivity contribution in [1.82, 2.24) is 5.32 Å². The summed E-state index contributed by atoms with van der Waals surface area (Å²) in [6.07, 6.45) is 70.7. The molecule has 0 aromatic heterocycles. The van der Waals surface area contributed by atoms with Crippen molar-refractivity contribution in [3.05, 3.63) is 109 Å². The fourth-order valence-corrected chi connectivity index (χ4v) is 7.82. The highest BCUT2D eigenvalue weighted by Gasteiger charge is 2.27. The number of rotatable bonds is 47. The number of unbranched alkanes of at least 4 members (excludes halogenated alkanes) is 18. The maximum absolute atomic E-state index is 12.9. The van der Waals surface area contributed by atoms with Crippen LogP contribution in [0.25, 0.3) is 0 Å². The summed E-state index contributed by atoms with van der Waals surface area (Å²) in [7, 11) is 1.53. The maximum atomic E-state index is 12.9. The first kappa shape index (κ1) is 64.2. The van der Waals surface area contributed by atoms with Crippen LogP contribution in [0.1, 0.15) is 200 Å².